The van der Waals surface area contributed by atoms with Crippen LogP contribution in [-0.2, 0) is 31.0 Å². The van der Waals surface area contributed by atoms with Crippen molar-refractivity contribution in [3.05, 3.63) is 23.8 Å². The van der Waals surface area contributed by atoms with Crippen molar-refractivity contribution in [1.29, 1.82) is 0 Å². The lowest BCUT2D eigenvalue weighted by Gasteiger charge is -2.35. The predicted octanol–water partition coefficient (Wildman–Crippen LogP) is 2.77. The third kappa shape index (κ3) is 8.68. The Bertz CT molecular complexity index is 1300. The van der Waals surface area contributed by atoms with E-state index in [4.69, 9.17) is 4.74 Å². The summed E-state index contributed by atoms with van der Waals surface area (Å²) in [5.74, 6) is -0.782. The van der Waals surface area contributed by atoms with Crippen molar-refractivity contribution in [3.63, 3.8) is 0 Å². The first-order valence-electron chi connectivity index (χ1n) is 14.9. The summed E-state index contributed by atoms with van der Waals surface area (Å²) < 4.78 is 11.8. The van der Waals surface area contributed by atoms with Gasteiger partial charge in [-0.15, -0.1) is 5.10 Å². The molecule has 12 nitrogen and oxygen atoms in total. The van der Waals surface area contributed by atoms with E-state index in [-0.39, 0.29) is 43.2 Å². The molecule has 2 aromatic rings. The first-order valence-corrected chi connectivity index (χ1v) is 14.9. The van der Waals surface area contributed by atoms with Crippen LogP contribution in [0.3, 0.4) is 0 Å². The molecule has 1 aliphatic rings. The van der Waals surface area contributed by atoms with Gasteiger partial charge in [-0.05, 0) is 42.9 Å². The number of likely N-dealkylation sites (tertiary alicyclic amines) is 1. The van der Waals surface area contributed by atoms with Gasteiger partial charge in [-0.1, -0.05) is 39.7 Å². The molecule has 3 N–H and O–H groups in total. The number of benzene rings is 1. The molecule has 0 saturated carbocycles. The van der Waals surface area contributed by atoms with Crippen molar-refractivity contribution in [2.24, 2.45) is 12.5 Å². The van der Waals surface area contributed by atoms with Gasteiger partial charge in [0, 0.05) is 32.9 Å². The van der Waals surface area contributed by atoms with Crippen LogP contribution in [0.2, 0.25) is 0 Å². The molecule has 0 radical (unpaired) electrons. The van der Waals surface area contributed by atoms with Gasteiger partial charge < -0.3 is 30.1 Å². The maximum absolute atomic E-state index is 13.8. The number of esters is 1. The minimum absolute atomic E-state index is 0.00673. The second-order valence-electron chi connectivity index (χ2n) is 12.4. The molecule has 0 aliphatic carbocycles. The van der Waals surface area contributed by atoms with Gasteiger partial charge in [-0.2, -0.15) is 0 Å². The highest BCUT2D eigenvalue weighted by Crippen LogP contribution is 2.29. The fourth-order valence-corrected chi connectivity index (χ4v) is 5.43. The van der Waals surface area contributed by atoms with E-state index in [0.29, 0.717) is 25.1 Å². The fourth-order valence-electron chi connectivity index (χ4n) is 5.43. The quantitative estimate of drug-likeness (QED) is 0.234. The highest BCUT2D eigenvalue weighted by molar-refractivity contribution is 5.93. The molecule has 1 aromatic carbocycles. The van der Waals surface area contributed by atoms with E-state index in [0.717, 1.165) is 29.3 Å². The van der Waals surface area contributed by atoms with Crippen molar-refractivity contribution >= 4 is 34.6 Å². The Morgan fingerprint density at radius 2 is 1.74 bits per heavy atom. The van der Waals surface area contributed by atoms with Gasteiger partial charge in [0.05, 0.1) is 37.3 Å². The molecule has 1 aromatic heterocycles. The first kappa shape index (κ1) is 33.8. The van der Waals surface area contributed by atoms with Gasteiger partial charge in [0.25, 0.3) is 0 Å². The summed E-state index contributed by atoms with van der Waals surface area (Å²) in [4.78, 5) is 52.8. The van der Waals surface area contributed by atoms with E-state index in [1.165, 1.54) is 12.0 Å². The number of carbonyl (C=O) groups excluding carboxylic acids is 4. The summed E-state index contributed by atoms with van der Waals surface area (Å²) in [5.41, 5.74) is 1.10. The normalized spacial score (nSPS) is 18.3. The molecule has 238 valence electrons. The molecule has 2 unspecified atom stereocenters. The zero-order chi connectivity index (χ0) is 31.9. The van der Waals surface area contributed by atoms with Gasteiger partial charge in [0.2, 0.25) is 23.6 Å². The summed E-state index contributed by atoms with van der Waals surface area (Å²) in [5, 5.41) is 21.5. The number of nitrogens with one attached hydrogen (secondary N) is 2. The van der Waals surface area contributed by atoms with E-state index >= 15 is 0 Å². The lowest BCUT2D eigenvalue weighted by molar-refractivity contribution is -0.144. The number of hydrogen-bond donors (Lipinski definition) is 3. The Kier molecular flexibility index (Phi) is 11.5. The standard InChI is InChI=1S/C31H47N5O7/c1-19(20-14-15-23-22(16-20)29(43-7)34-35(23)5)32-28(40)24-17-21(37)18-36(24)30(41)27(31(2,3)4)33-25(38)12-10-8-9-11-13-26(39)42-6/h14-16,19,21,24,27,37H,8-13,17-18H2,1-7H3,(H,32,40)(H,33,38)/t19?,21-,24+,27?/m1/s1. The number of unbranched alkanes of at least 4 members (excludes halogenated alkanes) is 3. The number of methoxy groups -OCH3 is 2. The number of amides is 3. The number of aliphatic hydroxyl groups is 1. The van der Waals surface area contributed by atoms with Crippen molar-refractivity contribution < 1.29 is 33.8 Å². The van der Waals surface area contributed by atoms with Crippen LogP contribution in [0.25, 0.3) is 10.9 Å². The maximum Gasteiger partial charge on any atom is 0.305 e. The zero-order valence-electron chi connectivity index (χ0n) is 26.4. The maximum atomic E-state index is 13.8. The van der Waals surface area contributed by atoms with Crippen LogP contribution in [0.1, 0.15) is 84.2 Å². The highest BCUT2D eigenvalue weighted by Gasteiger charge is 2.44. The highest BCUT2D eigenvalue weighted by atomic mass is 16.5. The van der Waals surface area contributed by atoms with Crippen LogP contribution in [0.4, 0.5) is 0 Å². The van der Waals surface area contributed by atoms with E-state index < -0.39 is 29.5 Å². The minimum Gasteiger partial charge on any atom is -0.479 e. The summed E-state index contributed by atoms with van der Waals surface area (Å²) >= 11 is 0. The number of aromatic nitrogens is 2. The van der Waals surface area contributed by atoms with Crippen LogP contribution in [0.15, 0.2) is 18.2 Å². The molecule has 3 amide bonds. The molecule has 4 atom stereocenters. The average Bonchev–Trinajstić information content (AvgIpc) is 3.51. The molecule has 43 heavy (non-hydrogen) atoms. The summed E-state index contributed by atoms with van der Waals surface area (Å²) in [6, 6.07) is 3.60. The number of fused-ring (bicyclic) bond motifs is 1. The lowest BCUT2D eigenvalue weighted by Crippen LogP contribution is -2.57. The van der Waals surface area contributed by atoms with E-state index in [9.17, 15) is 24.3 Å². The van der Waals surface area contributed by atoms with Crippen LogP contribution >= 0.6 is 0 Å². The van der Waals surface area contributed by atoms with Crippen LogP contribution < -0.4 is 15.4 Å². The van der Waals surface area contributed by atoms with Gasteiger partial charge in [-0.3, -0.25) is 23.9 Å². The fraction of sp³-hybridized carbons (Fsp3) is 0.645. The van der Waals surface area contributed by atoms with E-state index in [2.05, 4.69) is 20.5 Å². The van der Waals surface area contributed by atoms with Gasteiger partial charge in [-0.25, -0.2) is 0 Å². The number of hydrogen-bond acceptors (Lipinski definition) is 8. The number of aryl methyl sites for hydroxylation is 1. The van der Waals surface area contributed by atoms with Crippen LogP contribution in [0, 0.1) is 5.41 Å². The van der Waals surface area contributed by atoms with Crippen molar-refractivity contribution in [1.82, 2.24) is 25.3 Å². The Morgan fingerprint density at radius 3 is 2.37 bits per heavy atom. The third-order valence-corrected chi connectivity index (χ3v) is 7.94. The number of ether oxygens (including phenoxy) is 2. The number of nitrogens with zero attached hydrogens (tertiary/aromatic N) is 3. The third-order valence-electron chi connectivity index (χ3n) is 7.94. The molecule has 0 spiro atoms. The zero-order valence-corrected chi connectivity index (χ0v) is 26.4. The Morgan fingerprint density at radius 1 is 1.07 bits per heavy atom. The van der Waals surface area contributed by atoms with Gasteiger partial charge in [0.1, 0.15) is 12.1 Å². The molecular weight excluding hydrogens is 554 g/mol. The number of β-amino-alcohol motifs (C(OH)–C–C–N with tert-alkyl or cyclic N) is 1. The largest absolute Gasteiger partial charge is 0.479 e. The molecular formula is C31H47N5O7. The molecule has 1 aliphatic heterocycles. The molecule has 3 rings (SSSR count). The first-order chi connectivity index (χ1) is 20.3. The molecule has 2 heterocycles. The lowest BCUT2D eigenvalue weighted by atomic mass is 9.85. The Hall–Kier alpha value is -3.67. The average molecular weight is 602 g/mol. The monoisotopic (exact) mass is 601 g/mol. The second kappa shape index (κ2) is 14.7. The van der Waals surface area contributed by atoms with Gasteiger partial charge in [0.15, 0.2) is 0 Å². The predicted molar refractivity (Wildman–Crippen MR) is 161 cm³/mol. The number of rotatable bonds is 13. The molecule has 0 bridgehead atoms. The summed E-state index contributed by atoms with van der Waals surface area (Å²) in [7, 11) is 4.75. The SMILES string of the molecule is COC(=O)CCCCCCC(=O)NC(C(=O)N1C[C@H](O)C[C@H]1C(=O)NC(C)c1ccc2c(c1)c(OC)nn2C)C(C)(C)C. The smallest absolute Gasteiger partial charge is 0.305 e. The Balaban J connectivity index is 1.64. The van der Waals surface area contributed by atoms with Crippen molar-refractivity contribution in [2.75, 3.05) is 20.8 Å². The summed E-state index contributed by atoms with van der Waals surface area (Å²) in [6.07, 6.45) is 2.75. The van der Waals surface area contributed by atoms with Crippen LogP contribution in [-0.4, -0.2) is 82.4 Å². The molecule has 12 heteroatoms. The van der Waals surface area contributed by atoms with Crippen LogP contribution in [0.5, 0.6) is 5.88 Å². The molecule has 1 saturated heterocycles. The topological polar surface area (TPSA) is 152 Å². The minimum atomic E-state index is -0.877. The number of carbonyl (C=O) groups is 4. The van der Waals surface area contributed by atoms with E-state index in [1.807, 2.05) is 52.9 Å². The summed E-state index contributed by atoms with van der Waals surface area (Å²) in [6.45, 7) is 7.43. The Labute approximate surface area is 253 Å². The van der Waals surface area contributed by atoms with Gasteiger partial charge >= 0.3 is 5.97 Å². The number of aliphatic hydroxyl groups excluding tert-OH is 1. The van der Waals surface area contributed by atoms with Crippen molar-refractivity contribution in [3.8, 4) is 5.88 Å². The van der Waals surface area contributed by atoms with Crippen molar-refractivity contribution in [2.45, 2.75) is 96.9 Å². The second-order valence-corrected chi connectivity index (χ2v) is 12.4. The van der Waals surface area contributed by atoms with E-state index in [1.54, 1.807) is 11.8 Å². The molecule has 1 fully saturated rings.